The second-order valence-electron chi connectivity index (χ2n) is 7.96. The van der Waals surface area contributed by atoms with Crippen molar-refractivity contribution in [1.29, 1.82) is 0 Å². The molecule has 0 saturated carbocycles. The van der Waals surface area contributed by atoms with E-state index in [9.17, 15) is 9.90 Å². The van der Waals surface area contributed by atoms with Crippen LogP contribution >= 0.6 is 20.8 Å². The Hall–Kier alpha value is -2.27. The molecule has 10 nitrogen and oxygen atoms in total. The quantitative estimate of drug-likeness (QED) is 0.326. The van der Waals surface area contributed by atoms with Crippen molar-refractivity contribution in [3.63, 3.8) is 0 Å². The molecule has 0 spiro atoms. The Bertz CT molecular complexity index is 1370. The lowest BCUT2D eigenvalue weighted by Gasteiger charge is -2.24. The second-order valence-corrected chi connectivity index (χ2v) is 9.72. The van der Waals surface area contributed by atoms with Gasteiger partial charge < -0.3 is 23.9 Å². The lowest BCUT2D eigenvalue weighted by atomic mass is 10.1. The molecule has 12 heteroatoms. The number of nitrogens with zero attached hydrogens (tertiary/aromatic N) is 4. The summed E-state index contributed by atoms with van der Waals surface area (Å²) in [6.07, 6.45) is 0.0521. The summed E-state index contributed by atoms with van der Waals surface area (Å²) in [5.74, 6) is 1.20. The monoisotopic (exact) mass is 487 g/mol. The van der Waals surface area contributed by atoms with Crippen molar-refractivity contribution in [2.24, 2.45) is 0 Å². The van der Waals surface area contributed by atoms with Gasteiger partial charge in [0.25, 0.3) is 5.56 Å². The normalized spacial score (nSPS) is 25.9. The van der Waals surface area contributed by atoms with Crippen LogP contribution in [0.5, 0.6) is 0 Å². The van der Waals surface area contributed by atoms with Crippen LogP contribution in [0.4, 0.5) is 0 Å². The van der Waals surface area contributed by atoms with E-state index in [1.807, 2.05) is 30.3 Å². The van der Waals surface area contributed by atoms with Gasteiger partial charge in [0.15, 0.2) is 31.6 Å². The topological polar surface area (TPSA) is 116 Å². The fourth-order valence-electron chi connectivity index (χ4n) is 4.22. The maximum absolute atomic E-state index is 13.4. The van der Waals surface area contributed by atoms with Crippen LogP contribution in [-0.2, 0) is 13.8 Å². The van der Waals surface area contributed by atoms with Gasteiger partial charge in [-0.2, -0.15) is 4.98 Å². The zero-order chi connectivity index (χ0) is 22.5. The van der Waals surface area contributed by atoms with Crippen molar-refractivity contribution in [2.45, 2.75) is 43.0 Å². The summed E-state index contributed by atoms with van der Waals surface area (Å²) >= 11 is 1.50. The summed E-state index contributed by atoms with van der Waals surface area (Å²) in [7, 11) is -0.136. The SMILES string of the molecule is CCCSc1nc2c(=O)n3cc(-c4ccccc4)[nH]c3nc2n1C1OC2COPOC2C1O. The van der Waals surface area contributed by atoms with Crippen molar-refractivity contribution >= 4 is 37.7 Å². The molecule has 5 unspecified atom stereocenters. The van der Waals surface area contributed by atoms with Crippen LogP contribution in [0.3, 0.4) is 0 Å². The number of hydrogen-bond acceptors (Lipinski definition) is 8. The molecule has 0 radical (unpaired) electrons. The Morgan fingerprint density at radius 3 is 2.94 bits per heavy atom. The van der Waals surface area contributed by atoms with Gasteiger partial charge in [0, 0.05) is 11.9 Å². The minimum absolute atomic E-state index is 0.136. The molecule has 2 aliphatic rings. The number of fused-ring (bicyclic) bond motifs is 3. The predicted octanol–water partition coefficient (Wildman–Crippen LogP) is 2.72. The number of aromatic nitrogens is 5. The smallest absolute Gasteiger partial charge is 0.287 e. The van der Waals surface area contributed by atoms with Gasteiger partial charge in [-0.3, -0.25) is 9.36 Å². The van der Waals surface area contributed by atoms with Crippen LogP contribution < -0.4 is 5.56 Å². The Morgan fingerprint density at radius 1 is 1.30 bits per heavy atom. The van der Waals surface area contributed by atoms with Crippen LogP contribution in [0.1, 0.15) is 19.6 Å². The van der Waals surface area contributed by atoms with Gasteiger partial charge in [-0.05, 0) is 12.0 Å². The Labute approximate surface area is 194 Å². The molecule has 2 saturated heterocycles. The van der Waals surface area contributed by atoms with Crippen LogP contribution in [0, 0.1) is 0 Å². The maximum Gasteiger partial charge on any atom is 0.287 e. The van der Waals surface area contributed by atoms with Crippen molar-refractivity contribution in [2.75, 3.05) is 12.4 Å². The number of aromatic amines is 1. The van der Waals surface area contributed by atoms with Crippen LogP contribution in [0.15, 0.2) is 46.5 Å². The molecule has 0 amide bonds. The largest absolute Gasteiger partial charge is 0.386 e. The Kier molecular flexibility index (Phi) is 5.48. The molecular formula is C21H22N5O5PS. The molecule has 4 aromatic rings. The maximum atomic E-state index is 13.4. The van der Waals surface area contributed by atoms with Gasteiger partial charge in [-0.15, -0.1) is 0 Å². The third kappa shape index (κ3) is 3.51. The van der Waals surface area contributed by atoms with Crippen LogP contribution in [0.2, 0.25) is 0 Å². The van der Waals surface area contributed by atoms with E-state index in [1.54, 1.807) is 10.8 Å². The highest BCUT2D eigenvalue weighted by Gasteiger charge is 2.48. The number of rotatable bonds is 5. The third-order valence-electron chi connectivity index (χ3n) is 5.79. The van der Waals surface area contributed by atoms with E-state index in [4.69, 9.17) is 18.8 Å². The highest BCUT2D eigenvalue weighted by Crippen LogP contribution is 2.41. The molecule has 0 aliphatic carbocycles. The fourth-order valence-corrected chi connectivity index (χ4v) is 5.79. The highest BCUT2D eigenvalue weighted by atomic mass is 32.2. The number of imidazole rings is 2. The van der Waals surface area contributed by atoms with E-state index in [-0.39, 0.29) is 20.1 Å². The van der Waals surface area contributed by atoms with Gasteiger partial charge in [0.2, 0.25) is 5.78 Å². The van der Waals surface area contributed by atoms with Crippen LogP contribution in [0.25, 0.3) is 28.2 Å². The summed E-state index contributed by atoms with van der Waals surface area (Å²) in [5.41, 5.74) is 2.03. The molecule has 1 aromatic carbocycles. The minimum Gasteiger partial charge on any atom is -0.386 e. The van der Waals surface area contributed by atoms with Gasteiger partial charge in [0.05, 0.1) is 12.3 Å². The van der Waals surface area contributed by atoms with Crippen molar-refractivity contribution in [3.8, 4) is 11.3 Å². The molecule has 172 valence electrons. The van der Waals surface area contributed by atoms with E-state index in [0.29, 0.717) is 23.2 Å². The molecule has 0 bridgehead atoms. The average Bonchev–Trinajstić information content (AvgIpc) is 3.52. The number of hydrogen-bond donors (Lipinski definition) is 2. The summed E-state index contributed by atoms with van der Waals surface area (Å²) < 4.78 is 20.3. The fraction of sp³-hybridized carbons (Fsp3) is 0.381. The van der Waals surface area contributed by atoms with Crippen molar-refractivity contribution < 1.29 is 18.9 Å². The molecule has 3 aromatic heterocycles. The first-order valence-electron chi connectivity index (χ1n) is 10.7. The summed E-state index contributed by atoms with van der Waals surface area (Å²) in [5, 5.41) is 11.6. The summed E-state index contributed by atoms with van der Waals surface area (Å²) in [4.78, 5) is 26.0. The first-order valence-corrected chi connectivity index (χ1v) is 12.5. The summed E-state index contributed by atoms with van der Waals surface area (Å²) in [6, 6.07) is 9.73. The number of H-pyrrole nitrogens is 1. The van der Waals surface area contributed by atoms with E-state index in [0.717, 1.165) is 23.4 Å². The molecule has 2 aliphatic heterocycles. The molecule has 33 heavy (non-hydrogen) atoms. The highest BCUT2D eigenvalue weighted by molar-refractivity contribution is 7.99. The third-order valence-corrected chi connectivity index (χ3v) is 7.61. The number of nitrogens with one attached hydrogen (secondary N) is 1. The van der Waals surface area contributed by atoms with Gasteiger partial charge >= 0.3 is 0 Å². The van der Waals surface area contributed by atoms with Gasteiger partial charge in [-0.1, -0.05) is 49.0 Å². The van der Waals surface area contributed by atoms with Crippen molar-refractivity contribution in [1.82, 2.24) is 23.9 Å². The molecule has 6 rings (SSSR count). The summed E-state index contributed by atoms with van der Waals surface area (Å²) in [6.45, 7) is 2.42. The number of benzene rings is 1. The van der Waals surface area contributed by atoms with E-state index < -0.39 is 24.5 Å². The second kappa shape index (κ2) is 8.50. The van der Waals surface area contributed by atoms with Crippen molar-refractivity contribution in [3.05, 3.63) is 46.9 Å². The Balaban J connectivity index is 1.52. The molecule has 2 fully saturated rings. The number of aliphatic hydroxyl groups excluding tert-OH is 1. The predicted molar refractivity (Wildman–Crippen MR) is 125 cm³/mol. The first kappa shape index (κ1) is 21.3. The number of aliphatic hydroxyl groups is 1. The standard InChI is InChI=1S/C21H22N5O5PS/c1-2-8-33-21-23-14-17(26(21)19-15(27)16-13(30-19)10-29-32-31-16)24-20-22-12(9-25(20)18(14)28)11-6-4-3-5-7-11/h3-7,9,13,15-16,19,27,32H,2,8,10H2,1H3,(H,22,24). The zero-order valence-corrected chi connectivity index (χ0v) is 19.5. The zero-order valence-electron chi connectivity index (χ0n) is 17.7. The minimum atomic E-state index is -0.937. The lowest BCUT2D eigenvalue weighted by Crippen LogP contribution is -2.37. The first-order chi connectivity index (χ1) is 16.2. The Morgan fingerprint density at radius 2 is 2.15 bits per heavy atom. The van der Waals surface area contributed by atoms with E-state index in [2.05, 4.69) is 16.9 Å². The molecule has 5 heterocycles. The number of ether oxygens (including phenoxy) is 1. The average molecular weight is 487 g/mol. The van der Waals surface area contributed by atoms with Gasteiger partial charge in [-0.25, -0.2) is 9.38 Å². The van der Waals surface area contributed by atoms with E-state index >= 15 is 0 Å². The van der Waals surface area contributed by atoms with Gasteiger partial charge in [0.1, 0.15) is 18.3 Å². The lowest BCUT2D eigenvalue weighted by molar-refractivity contribution is -0.0553. The van der Waals surface area contributed by atoms with E-state index in [1.165, 1.54) is 16.2 Å². The number of thioether (sulfide) groups is 1. The van der Waals surface area contributed by atoms with Crippen LogP contribution in [-0.4, -0.2) is 59.7 Å². The molecule has 5 atom stereocenters. The molecule has 2 N–H and O–H groups in total. The molecular weight excluding hydrogens is 465 g/mol.